The number of thiophene rings is 1. The van der Waals surface area contributed by atoms with Gasteiger partial charge in [0, 0.05) is 26.3 Å². The van der Waals surface area contributed by atoms with Gasteiger partial charge < -0.3 is 10.2 Å². The summed E-state index contributed by atoms with van der Waals surface area (Å²) in [6.45, 7) is 3.61. The Bertz CT molecular complexity index is 537. The molecule has 0 spiro atoms. The molecule has 1 amide bonds. The largest absolute Gasteiger partial charge is 0.370 e. The van der Waals surface area contributed by atoms with Crippen molar-refractivity contribution >= 4 is 23.1 Å². The molecule has 0 aliphatic rings. The zero-order valence-corrected chi connectivity index (χ0v) is 12.6. The van der Waals surface area contributed by atoms with Gasteiger partial charge in [0.05, 0.1) is 5.56 Å². The third kappa shape index (κ3) is 3.81. The molecule has 0 radical (unpaired) electrons. The number of rotatable bonds is 6. The van der Waals surface area contributed by atoms with E-state index in [1.807, 2.05) is 30.6 Å². The van der Waals surface area contributed by atoms with Crippen molar-refractivity contribution in [3.63, 3.8) is 0 Å². The Labute approximate surface area is 123 Å². The van der Waals surface area contributed by atoms with Gasteiger partial charge in [-0.15, -0.1) is 0 Å². The van der Waals surface area contributed by atoms with Crippen LogP contribution < -0.4 is 5.32 Å². The average Bonchev–Trinajstić information content (AvgIpc) is 2.97. The minimum Gasteiger partial charge on any atom is -0.370 e. The van der Waals surface area contributed by atoms with Crippen LogP contribution in [0.25, 0.3) is 0 Å². The second kappa shape index (κ2) is 7.05. The third-order valence-corrected chi connectivity index (χ3v) is 3.65. The maximum Gasteiger partial charge on any atom is 0.255 e. The summed E-state index contributed by atoms with van der Waals surface area (Å²) in [4.78, 5) is 18.2. The van der Waals surface area contributed by atoms with Crippen LogP contribution in [0.4, 0.5) is 5.82 Å². The molecule has 5 heteroatoms. The van der Waals surface area contributed by atoms with Crippen molar-refractivity contribution in [2.45, 2.75) is 19.9 Å². The van der Waals surface area contributed by atoms with Crippen molar-refractivity contribution in [2.24, 2.45) is 0 Å². The zero-order chi connectivity index (χ0) is 14.4. The number of pyridine rings is 1. The second-order valence-electron chi connectivity index (χ2n) is 4.65. The Balaban J connectivity index is 1.97. The second-order valence-corrected chi connectivity index (χ2v) is 5.43. The number of anilines is 1. The Morgan fingerprint density at radius 2 is 2.25 bits per heavy atom. The molecule has 4 nitrogen and oxygen atoms in total. The molecule has 2 aromatic rings. The lowest BCUT2D eigenvalue weighted by Crippen LogP contribution is -2.26. The molecule has 0 aliphatic carbocycles. The van der Waals surface area contributed by atoms with Crippen molar-refractivity contribution in [3.05, 3.63) is 46.3 Å². The average molecular weight is 289 g/mol. The minimum absolute atomic E-state index is 0.00857. The summed E-state index contributed by atoms with van der Waals surface area (Å²) in [6.07, 6.45) is 2.68. The van der Waals surface area contributed by atoms with E-state index < -0.39 is 0 Å². The Morgan fingerprint density at radius 3 is 2.85 bits per heavy atom. The summed E-state index contributed by atoms with van der Waals surface area (Å²) in [5.41, 5.74) is 1.77. The van der Waals surface area contributed by atoms with Crippen LogP contribution in [0.3, 0.4) is 0 Å². The summed E-state index contributed by atoms with van der Waals surface area (Å²) in [5.74, 6) is 0.801. The lowest BCUT2D eigenvalue weighted by molar-refractivity contribution is 0.0785. The van der Waals surface area contributed by atoms with Gasteiger partial charge >= 0.3 is 0 Å². The SMILES string of the molecule is CCCNc1ccc(C(=O)N(C)Cc2ccsc2)cn1. The number of carbonyl (C=O) groups excluding carboxylic acids is 1. The van der Waals surface area contributed by atoms with E-state index in [1.54, 1.807) is 22.4 Å². The topological polar surface area (TPSA) is 45.2 Å². The summed E-state index contributed by atoms with van der Waals surface area (Å²) < 4.78 is 0. The van der Waals surface area contributed by atoms with Crippen LogP contribution in [0.2, 0.25) is 0 Å². The van der Waals surface area contributed by atoms with E-state index in [0.717, 1.165) is 24.3 Å². The Hall–Kier alpha value is -1.88. The first kappa shape index (κ1) is 14.5. The van der Waals surface area contributed by atoms with Crippen LogP contribution in [0.1, 0.15) is 29.3 Å². The van der Waals surface area contributed by atoms with Crippen LogP contribution >= 0.6 is 11.3 Å². The highest BCUT2D eigenvalue weighted by molar-refractivity contribution is 7.07. The predicted octanol–water partition coefficient (Wildman–Crippen LogP) is 3.24. The van der Waals surface area contributed by atoms with Crippen LogP contribution in [-0.2, 0) is 6.54 Å². The number of aromatic nitrogens is 1. The van der Waals surface area contributed by atoms with Gasteiger partial charge in [0.2, 0.25) is 0 Å². The van der Waals surface area contributed by atoms with Gasteiger partial charge in [-0.05, 0) is 40.9 Å². The number of nitrogens with zero attached hydrogens (tertiary/aromatic N) is 2. The normalized spacial score (nSPS) is 10.3. The maximum absolute atomic E-state index is 12.3. The standard InChI is InChI=1S/C15H19N3OS/c1-3-7-16-14-5-4-13(9-17-14)15(19)18(2)10-12-6-8-20-11-12/h4-6,8-9,11H,3,7,10H2,1-2H3,(H,16,17). The molecular formula is C15H19N3OS. The first-order valence-electron chi connectivity index (χ1n) is 6.67. The number of carbonyl (C=O) groups is 1. The molecule has 0 aromatic carbocycles. The van der Waals surface area contributed by atoms with E-state index in [1.165, 1.54) is 0 Å². The van der Waals surface area contributed by atoms with E-state index in [4.69, 9.17) is 0 Å². The molecule has 0 bridgehead atoms. The summed E-state index contributed by atoms with van der Waals surface area (Å²) >= 11 is 1.64. The molecule has 0 atom stereocenters. The van der Waals surface area contributed by atoms with Crippen LogP contribution in [-0.4, -0.2) is 29.4 Å². The van der Waals surface area contributed by atoms with E-state index in [-0.39, 0.29) is 5.91 Å². The van der Waals surface area contributed by atoms with E-state index >= 15 is 0 Å². The molecule has 2 rings (SSSR count). The molecule has 0 unspecified atom stereocenters. The lowest BCUT2D eigenvalue weighted by Gasteiger charge is -2.16. The summed E-state index contributed by atoms with van der Waals surface area (Å²) in [7, 11) is 1.81. The monoisotopic (exact) mass is 289 g/mol. The molecule has 106 valence electrons. The van der Waals surface area contributed by atoms with Crippen molar-refractivity contribution in [3.8, 4) is 0 Å². The number of nitrogens with one attached hydrogen (secondary N) is 1. The Morgan fingerprint density at radius 1 is 1.40 bits per heavy atom. The van der Waals surface area contributed by atoms with Crippen LogP contribution in [0.5, 0.6) is 0 Å². The molecule has 0 aliphatic heterocycles. The van der Waals surface area contributed by atoms with Crippen LogP contribution in [0.15, 0.2) is 35.2 Å². The molecule has 0 saturated carbocycles. The summed E-state index contributed by atoms with van der Waals surface area (Å²) in [5, 5.41) is 7.26. The first-order chi connectivity index (χ1) is 9.70. The molecule has 0 saturated heterocycles. The van der Waals surface area contributed by atoms with Crippen molar-refractivity contribution in [1.29, 1.82) is 0 Å². The fourth-order valence-electron chi connectivity index (χ4n) is 1.83. The highest BCUT2D eigenvalue weighted by atomic mass is 32.1. The van der Waals surface area contributed by atoms with Gasteiger partial charge in [-0.25, -0.2) is 4.98 Å². The Kier molecular flexibility index (Phi) is 5.12. The minimum atomic E-state index is -0.00857. The highest BCUT2D eigenvalue weighted by Crippen LogP contribution is 2.12. The predicted molar refractivity (Wildman–Crippen MR) is 83.1 cm³/mol. The number of amides is 1. The van der Waals surface area contributed by atoms with E-state index in [9.17, 15) is 4.79 Å². The van der Waals surface area contributed by atoms with Gasteiger partial charge in [0.25, 0.3) is 5.91 Å². The van der Waals surface area contributed by atoms with Gasteiger partial charge in [0.15, 0.2) is 0 Å². The van der Waals surface area contributed by atoms with Crippen LogP contribution in [0, 0.1) is 0 Å². The third-order valence-electron chi connectivity index (χ3n) is 2.91. The fraction of sp³-hybridized carbons (Fsp3) is 0.333. The van der Waals surface area contributed by atoms with E-state index in [0.29, 0.717) is 12.1 Å². The highest BCUT2D eigenvalue weighted by Gasteiger charge is 2.12. The molecular weight excluding hydrogens is 270 g/mol. The van der Waals surface area contributed by atoms with Gasteiger partial charge in [-0.3, -0.25) is 4.79 Å². The van der Waals surface area contributed by atoms with Gasteiger partial charge in [0.1, 0.15) is 5.82 Å². The quantitative estimate of drug-likeness (QED) is 0.888. The van der Waals surface area contributed by atoms with Crippen molar-refractivity contribution < 1.29 is 4.79 Å². The summed E-state index contributed by atoms with van der Waals surface area (Å²) in [6, 6.07) is 5.70. The van der Waals surface area contributed by atoms with Crippen molar-refractivity contribution in [1.82, 2.24) is 9.88 Å². The fourth-order valence-corrected chi connectivity index (χ4v) is 2.49. The molecule has 20 heavy (non-hydrogen) atoms. The number of hydrogen-bond acceptors (Lipinski definition) is 4. The zero-order valence-electron chi connectivity index (χ0n) is 11.8. The molecule has 0 fully saturated rings. The molecule has 1 N–H and O–H groups in total. The van der Waals surface area contributed by atoms with E-state index in [2.05, 4.69) is 22.6 Å². The van der Waals surface area contributed by atoms with Crippen molar-refractivity contribution in [2.75, 3.05) is 18.9 Å². The number of hydrogen-bond donors (Lipinski definition) is 1. The maximum atomic E-state index is 12.3. The first-order valence-corrected chi connectivity index (χ1v) is 7.61. The van der Waals surface area contributed by atoms with Gasteiger partial charge in [-0.1, -0.05) is 6.92 Å². The molecule has 2 aromatic heterocycles. The molecule has 2 heterocycles. The lowest BCUT2D eigenvalue weighted by atomic mass is 10.2. The van der Waals surface area contributed by atoms with Gasteiger partial charge in [-0.2, -0.15) is 11.3 Å². The smallest absolute Gasteiger partial charge is 0.255 e.